The molecule has 0 aromatic heterocycles. The average molecular weight is 591 g/mol. The minimum absolute atomic E-state index is 0.00151. The second-order valence-corrected chi connectivity index (χ2v) is 11.6. The van der Waals surface area contributed by atoms with Crippen molar-refractivity contribution < 1.29 is 18.0 Å². The van der Waals surface area contributed by atoms with E-state index in [1.54, 1.807) is 62.4 Å². The number of rotatable bonds is 12. The first kappa shape index (κ1) is 30.5. The van der Waals surface area contributed by atoms with Gasteiger partial charge in [0.05, 0.1) is 10.6 Å². The minimum Gasteiger partial charge on any atom is -0.355 e. The number of aryl methyl sites for hydroxylation is 1. The fourth-order valence-corrected chi connectivity index (χ4v) is 6.09. The van der Waals surface area contributed by atoms with Gasteiger partial charge in [-0.15, -0.1) is 0 Å². The lowest BCUT2D eigenvalue weighted by molar-refractivity contribution is -0.140. The number of benzene rings is 3. The number of nitrogens with zero attached hydrogens (tertiary/aromatic N) is 2. The van der Waals surface area contributed by atoms with Crippen LogP contribution in [-0.4, -0.2) is 44.3 Å². The number of amides is 2. The SMILES string of the molecule is CCNC(=O)[C@@H](CC)N(Cc1ccc(Cl)cc1Cl)C(=O)CN(c1ccc(CC)cc1)S(=O)(=O)c1ccccc1. The summed E-state index contributed by atoms with van der Waals surface area (Å²) < 4.78 is 28.7. The average Bonchev–Trinajstić information content (AvgIpc) is 2.93. The Morgan fingerprint density at radius 3 is 2.15 bits per heavy atom. The van der Waals surface area contributed by atoms with Crippen LogP contribution in [0.4, 0.5) is 5.69 Å². The Kier molecular flexibility index (Phi) is 10.8. The molecule has 3 aromatic carbocycles. The van der Waals surface area contributed by atoms with Gasteiger partial charge in [-0.25, -0.2) is 8.42 Å². The van der Waals surface area contributed by atoms with Crippen LogP contribution in [0.15, 0.2) is 77.7 Å². The summed E-state index contributed by atoms with van der Waals surface area (Å²) in [6.45, 7) is 5.47. The maximum atomic E-state index is 14.0. The first-order chi connectivity index (χ1) is 18.6. The lowest BCUT2D eigenvalue weighted by atomic mass is 10.1. The summed E-state index contributed by atoms with van der Waals surface area (Å²) in [5, 5.41) is 3.56. The molecule has 0 unspecified atom stereocenters. The smallest absolute Gasteiger partial charge is 0.264 e. The molecule has 0 heterocycles. The number of nitrogens with one attached hydrogen (secondary N) is 1. The monoisotopic (exact) mass is 589 g/mol. The third-order valence-electron chi connectivity index (χ3n) is 6.34. The molecule has 3 aromatic rings. The normalized spacial score (nSPS) is 12.0. The molecule has 1 atom stereocenters. The van der Waals surface area contributed by atoms with E-state index in [2.05, 4.69) is 5.32 Å². The first-order valence-electron chi connectivity index (χ1n) is 12.8. The molecule has 1 N–H and O–H groups in total. The van der Waals surface area contributed by atoms with E-state index in [9.17, 15) is 18.0 Å². The summed E-state index contributed by atoms with van der Waals surface area (Å²) >= 11 is 12.5. The van der Waals surface area contributed by atoms with E-state index in [-0.39, 0.29) is 17.3 Å². The number of hydrogen-bond donors (Lipinski definition) is 1. The maximum Gasteiger partial charge on any atom is 0.264 e. The van der Waals surface area contributed by atoms with Crippen molar-refractivity contribution in [2.75, 3.05) is 17.4 Å². The second-order valence-electron chi connectivity index (χ2n) is 8.92. The molecular formula is C29H33Cl2N3O4S. The highest BCUT2D eigenvalue weighted by molar-refractivity contribution is 7.92. The summed E-state index contributed by atoms with van der Waals surface area (Å²) in [5.74, 6) is -0.874. The highest BCUT2D eigenvalue weighted by Gasteiger charge is 2.33. The molecule has 7 nitrogen and oxygen atoms in total. The van der Waals surface area contributed by atoms with E-state index in [1.165, 1.54) is 17.0 Å². The molecule has 0 aliphatic heterocycles. The van der Waals surface area contributed by atoms with Crippen molar-refractivity contribution in [3.63, 3.8) is 0 Å². The molecule has 0 bridgehead atoms. The predicted molar refractivity (Wildman–Crippen MR) is 157 cm³/mol. The third kappa shape index (κ3) is 7.53. The van der Waals surface area contributed by atoms with E-state index in [4.69, 9.17) is 23.2 Å². The molecule has 2 amide bonds. The molecule has 208 valence electrons. The Labute approximate surface area is 240 Å². The molecular weight excluding hydrogens is 557 g/mol. The van der Waals surface area contributed by atoms with Crippen LogP contribution in [0, 0.1) is 0 Å². The van der Waals surface area contributed by atoms with Crippen LogP contribution < -0.4 is 9.62 Å². The Morgan fingerprint density at radius 2 is 1.59 bits per heavy atom. The van der Waals surface area contributed by atoms with Crippen molar-refractivity contribution in [3.05, 3.63) is 94.0 Å². The van der Waals surface area contributed by atoms with Crippen molar-refractivity contribution in [2.45, 2.75) is 51.1 Å². The summed E-state index contributed by atoms with van der Waals surface area (Å²) in [6.07, 6.45) is 1.10. The zero-order valence-electron chi connectivity index (χ0n) is 22.2. The summed E-state index contributed by atoms with van der Waals surface area (Å²) in [6, 6.07) is 19.1. The van der Waals surface area contributed by atoms with Crippen LogP contribution in [0.25, 0.3) is 0 Å². The van der Waals surface area contributed by atoms with Gasteiger partial charge in [0.15, 0.2) is 0 Å². The number of likely N-dealkylation sites (N-methyl/N-ethyl adjacent to an activating group) is 1. The number of halogens is 2. The standard InChI is InChI=1S/C29H33Cl2N3O4S/c1-4-21-12-16-24(17-13-21)34(39(37,38)25-10-8-7-9-11-25)20-28(35)33(27(5-2)29(36)32-6-3)19-22-14-15-23(30)18-26(22)31/h7-18,27H,4-6,19-20H2,1-3H3,(H,32,36)/t27-/m1/s1. The number of carbonyl (C=O) groups is 2. The maximum absolute atomic E-state index is 14.0. The quantitative estimate of drug-likeness (QED) is 0.294. The van der Waals surface area contributed by atoms with Gasteiger partial charge in [0, 0.05) is 23.1 Å². The van der Waals surface area contributed by atoms with Gasteiger partial charge in [0.1, 0.15) is 12.6 Å². The van der Waals surface area contributed by atoms with Crippen LogP contribution in [0.3, 0.4) is 0 Å². The van der Waals surface area contributed by atoms with Crippen LogP contribution in [0.2, 0.25) is 10.0 Å². The Morgan fingerprint density at radius 1 is 0.923 bits per heavy atom. The number of carbonyl (C=O) groups excluding carboxylic acids is 2. The molecule has 39 heavy (non-hydrogen) atoms. The van der Waals surface area contributed by atoms with Crippen molar-refractivity contribution in [3.8, 4) is 0 Å². The molecule has 0 fully saturated rings. The van der Waals surface area contributed by atoms with E-state index < -0.39 is 28.5 Å². The van der Waals surface area contributed by atoms with Crippen LogP contribution in [0.1, 0.15) is 38.3 Å². The van der Waals surface area contributed by atoms with Crippen LogP contribution in [-0.2, 0) is 32.6 Å². The number of anilines is 1. The lowest BCUT2D eigenvalue weighted by Gasteiger charge is -2.33. The topological polar surface area (TPSA) is 86.8 Å². The molecule has 3 rings (SSSR count). The Balaban J connectivity index is 2.07. The van der Waals surface area contributed by atoms with Crippen molar-refractivity contribution >= 4 is 50.7 Å². The van der Waals surface area contributed by atoms with Gasteiger partial charge in [-0.05, 0) is 67.3 Å². The molecule has 10 heteroatoms. The molecule has 0 radical (unpaired) electrons. The van der Waals surface area contributed by atoms with Crippen molar-refractivity contribution in [2.24, 2.45) is 0 Å². The van der Waals surface area contributed by atoms with Crippen molar-refractivity contribution in [1.29, 1.82) is 0 Å². The van der Waals surface area contributed by atoms with E-state index in [0.717, 1.165) is 16.3 Å². The first-order valence-corrected chi connectivity index (χ1v) is 15.0. The Hall–Kier alpha value is -3.07. The largest absolute Gasteiger partial charge is 0.355 e. The lowest BCUT2D eigenvalue weighted by Crippen LogP contribution is -2.52. The van der Waals surface area contributed by atoms with Gasteiger partial charge in [-0.2, -0.15) is 0 Å². The highest BCUT2D eigenvalue weighted by atomic mass is 35.5. The van der Waals surface area contributed by atoms with E-state index >= 15 is 0 Å². The van der Waals surface area contributed by atoms with Crippen LogP contribution >= 0.6 is 23.2 Å². The molecule has 0 aliphatic carbocycles. The molecule has 0 saturated carbocycles. The fourth-order valence-electron chi connectivity index (χ4n) is 4.19. The summed E-state index contributed by atoms with van der Waals surface area (Å²) in [7, 11) is -4.11. The molecule has 0 saturated heterocycles. The van der Waals surface area contributed by atoms with E-state index in [0.29, 0.717) is 34.3 Å². The van der Waals surface area contributed by atoms with Crippen molar-refractivity contribution in [1.82, 2.24) is 10.2 Å². The van der Waals surface area contributed by atoms with E-state index in [1.807, 2.05) is 19.1 Å². The highest BCUT2D eigenvalue weighted by Crippen LogP contribution is 2.27. The Bertz CT molecular complexity index is 1380. The predicted octanol–water partition coefficient (Wildman–Crippen LogP) is 5.69. The van der Waals surface area contributed by atoms with Gasteiger partial charge in [-0.1, -0.05) is 73.4 Å². The number of sulfonamides is 1. The van der Waals surface area contributed by atoms with Crippen LogP contribution in [0.5, 0.6) is 0 Å². The van der Waals surface area contributed by atoms with Gasteiger partial charge >= 0.3 is 0 Å². The zero-order valence-corrected chi connectivity index (χ0v) is 24.6. The van der Waals surface area contributed by atoms with Gasteiger partial charge in [-0.3, -0.25) is 13.9 Å². The van der Waals surface area contributed by atoms with Gasteiger partial charge in [0.25, 0.3) is 10.0 Å². The zero-order chi connectivity index (χ0) is 28.6. The summed E-state index contributed by atoms with van der Waals surface area (Å²) in [5.41, 5.74) is 1.96. The third-order valence-corrected chi connectivity index (χ3v) is 8.71. The van der Waals surface area contributed by atoms with Gasteiger partial charge in [0.2, 0.25) is 11.8 Å². The molecule has 0 aliphatic rings. The number of hydrogen-bond acceptors (Lipinski definition) is 4. The minimum atomic E-state index is -4.11. The second kappa shape index (κ2) is 13.8. The summed E-state index contributed by atoms with van der Waals surface area (Å²) in [4.78, 5) is 28.4. The fraction of sp³-hybridized carbons (Fsp3) is 0.310. The van der Waals surface area contributed by atoms with Gasteiger partial charge < -0.3 is 10.2 Å². The molecule has 0 spiro atoms.